The van der Waals surface area contributed by atoms with Crippen molar-refractivity contribution in [2.45, 2.75) is 39.3 Å². The fraction of sp³-hybridized carbons (Fsp3) is 0.692. The van der Waals surface area contributed by atoms with Gasteiger partial charge in [-0.25, -0.2) is 9.78 Å². The molecule has 1 aromatic rings. The molecule has 5 nitrogen and oxygen atoms in total. The lowest BCUT2D eigenvalue weighted by Gasteiger charge is -2.25. The van der Waals surface area contributed by atoms with Crippen LogP contribution in [0.2, 0.25) is 0 Å². The summed E-state index contributed by atoms with van der Waals surface area (Å²) >= 11 is 1.58. The van der Waals surface area contributed by atoms with Crippen LogP contribution in [0, 0.1) is 0 Å². The molecule has 1 unspecified atom stereocenters. The number of carbonyl (C=O) groups excluding carboxylic acids is 1. The fourth-order valence-electron chi connectivity index (χ4n) is 1.42. The molecule has 0 aliphatic heterocycles. The van der Waals surface area contributed by atoms with Gasteiger partial charge >= 0.3 is 6.09 Å². The van der Waals surface area contributed by atoms with E-state index in [-0.39, 0.29) is 12.1 Å². The zero-order chi connectivity index (χ0) is 14.5. The van der Waals surface area contributed by atoms with Crippen molar-refractivity contribution in [1.29, 1.82) is 0 Å². The van der Waals surface area contributed by atoms with Crippen molar-refractivity contribution in [3.05, 3.63) is 16.6 Å². The molecule has 0 saturated heterocycles. The van der Waals surface area contributed by atoms with Gasteiger partial charge in [0.2, 0.25) is 0 Å². The van der Waals surface area contributed by atoms with E-state index in [4.69, 9.17) is 4.74 Å². The van der Waals surface area contributed by atoms with Crippen molar-refractivity contribution in [3.63, 3.8) is 0 Å². The number of aromatic nitrogens is 1. The minimum Gasteiger partial charge on any atom is -0.444 e. The molecule has 1 rings (SSSR count). The van der Waals surface area contributed by atoms with Crippen molar-refractivity contribution in [2.24, 2.45) is 0 Å². The Labute approximate surface area is 119 Å². The van der Waals surface area contributed by atoms with E-state index in [2.05, 4.69) is 17.2 Å². The quantitative estimate of drug-likeness (QED) is 0.903. The molecule has 1 amide bonds. The SMILES string of the molecule is CC(NCCN(C)C(=O)OC(C)(C)C)c1cscn1. The Morgan fingerprint density at radius 2 is 2.26 bits per heavy atom. The van der Waals surface area contributed by atoms with Gasteiger partial charge in [0.05, 0.1) is 11.2 Å². The van der Waals surface area contributed by atoms with Gasteiger partial charge in [0, 0.05) is 31.6 Å². The van der Waals surface area contributed by atoms with E-state index in [9.17, 15) is 4.79 Å². The van der Waals surface area contributed by atoms with Gasteiger partial charge in [-0.2, -0.15) is 0 Å². The third kappa shape index (κ3) is 6.02. The Bertz CT molecular complexity index is 387. The topological polar surface area (TPSA) is 54.5 Å². The second-order valence-electron chi connectivity index (χ2n) is 5.49. The highest BCUT2D eigenvalue weighted by Crippen LogP contribution is 2.11. The maximum atomic E-state index is 11.7. The predicted octanol–water partition coefficient (Wildman–Crippen LogP) is 2.66. The Kier molecular flexibility index (Phi) is 5.75. The number of nitrogens with one attached hydrogen (secondary N) is 1. The van der Waals surface area contributed by atoms with Crippen LogP contribution in [0.3, 0.4) is 0 Å². The Morgan fingerprint density at radius 1 is 1.58 bits per heavy atom. The molecule has 0 radical (unpaired) electrons. The largest absolute Gasteiger partial charge is 0.444 e. The van der Waals surface area contributed by atoms with Crippen LogP contribution in [-0.4, -0.2) is 41.7 Å². The summed E-state index contributed by atoms with van der Waals surface area (Å²) in [6.07, 6.45) is -0.296. The molecule has 0 saturated carbocycles. The standard InChI is InChI=1S/C13H23N3O2S/c1-10(11-8-19-9-15-11)14-6-7-16(5)12(17)18-13(2,3)4/h8-10,14H,6-7H2,1-5H3. The fourth-order valence-corrected chi connectivity index (χ4v) is 2.07. The Balaban J connectivity index is 2.27. The van der Waals surface area contributed by atoms with Crippen LogP contribution in [0.4, 0.5) is 4.79 Å². The summed E-state index contributed by atoms with van der Waals surface area (Å²) in [4.78, 5) is 17.6. The number of thiazole rings is 1. The van der Waals surface area contributed by atoms with E-state index >= 15 is 0 Å². The first kappa shape index (κ1) is 15.9. The Hall–Kier alpha value is -1.14. The molecule has 0 fully saturated rings. The summed E-state index contributed by atoms with van der Waals surface area (Å²) < 4.78 is 5.28. The van der Waals surface area contributed by atoms with Gasteiger partial charge < -0.3 is 15.0 Å². The highest BCUT2D eigenvalue weighted by atomic mass is 32.1. The monoisotopic (exact) mass is 285 g/mol. The van der Waals surface area contributed by atoms with Gasteiger partial charge in [-0.3, -0.25) is 0 Å². The van der Waals surface area contributed by atoms with Gasteiger partial charge in [-0.1, -0.05) is 0 Å². The summed E-state index contributed by atoms with van der Waals surface area (Å²) in [5.41, 5.74) is 2.40. The van der Waals surface area contributed by atoms with Crippen LogP contribution >= 0.6 is 11.3 Å². The first-order valence-electron chi connectivity index (χ1n) is 6.35. The number of carbonyl (C=O) groups is 1. The molecule has 0 aromatic carbocycles. The summed E-state index contributed by atoms with van der Waals surface area (Å²) in [6.45, 7) is 8.95. The van der Waals surface area contributed by atoms with Gasteiger partial charge in [-0.15, -0.1) is 11.3 Å². The van der Waals surface area contributed by atoms with Crippen LogP contribution in [0.1, 0.15) is 39.4 Å². The molecular formula is C13H23N3O2S. The molecule has 0 aliphatic rings. The van der Waals surface area contributed by atoms with E-state index in [0.29, 0.717) is 13.1 Å². The highest BCUT2D eigenvalue weighted by molar-refractivity contribution is 7.07. The van der Waals surface area contributed by atoms with Crippen molar-refractivity contribution < 1.29 is 9.53 Å². The highest BCUT2D eigenvalue weighted by Gasteiger charge is 2.19. The molecule has 0 spiro atoms. The number of rotatable bonds is 5. The van der Waals surface area contributed by atoms with Crippen LogP contribution in [0.15, 0.2) is 10.9 Å². The van der Waals surface area contributed by atoms with E-state index < -0.39 is 5.60 Å². The number of hydrogen-bond acceptors (Lipinski definition) is 5. The summed E-state index contributed by atoms with van der Waals surface area (Å²) in [5.74, 6) is 0. The third-order valence-electron chi connectivity index (χ3n) is 2.50. The van der Waals surface area contributed by atoms with Crippen LogP contribution in [-0.2, 0) is 4.74 Å². The van der Waals surface area contributed by atoms with Crippen LogP contribution < -0.4 is 5.32 Å². The second-order valence-corrected chi connectivity index (χ2v) is 6.21. The molecular weight excluding hydrogens is 262 g/mol. The lowest BCUT2D eigenvalue weighted by atomic mass is 10.2. The number of ether oxygens (including phenoxy) is 1. The molecule has 1 atom stereocenters. The minimum absolute atomic E-state index is 0.193. The third-order valence-corrected chi connectivity index (χ3v) is 3.10. The molecule has 1 heterocycles. The van der Waals surface area contributed by atoms with Crippen molar-refractivity contribution in [3.8, 4) is 0 Å². The number of likely N-dealkylation sites (N-methyl/N-ethyl adjacent to an activating group) is 1. The molecule has 108 valence electrons. The normalized spacial score (nSPS) is 13.1. The van der Waals surface area contributed by atoms with E-state index in [1.165, 1.54) is 0 Å². The van der Waals surface area contributed by atoms with Crippen molar-refractivity contribution in [2.75, 3.05) is 20.1 Å². The van der Waals surface area contributed by atoms with Gasteiger partial charge in [0.25, 0.3) is 0 Å². The van der Waals surface area contributed by atoms with Crippen molar-refractivity contribution in [1.82, 2.24) is 15.2 Å². The van der Waals surface area contributed by atoms with E-state index in [1.807, 2.05) is 31.7 Å². The van der Waals surface area contributed by atoms with Gasteiger partial charge in [0.15, 0.2) is 0 Å². The molecule has 0 aliphatic carbocycles. The molecule has 0 bridgehead atoms. The lowest BCUT2D eigenvalue weighted by molar-refractivity contribution is 0.0299. The van der Waals surface area contributed by atoms with Crippen molar-refractivity contribution >= 4 is 17.4 Å². The number of amides is 1. The smallest absolute Gasteiger partial charge is 0.410 e. The van der Waals surface area contributed by atoms with Gasteiger partial charge in [-0.05, 0) is 27.7 Å². The molecule has 1 aromatic heterocycles. The second kappa shape index (κ2) is 6.86. The maximum absolute atomic E-state index is 11.7. The average Bonchev–Trinajstić information content (AvgIpc) is 2.79. The zero-order valence-corrected chi connectivity index (χ0v) is 13.1. The first-order valence-corrected chi connectivity index (χ1v) is 7.29. The first-order chi connectivity index (χ1) is 8.79. The summed E-state index contributed by atoms with van der Waals surface area (Å²) in [6, 6.07) is 0.193. The summed E-state index contributed by atoms with van der Waals surface area (Å²) in [5, 5.41) is 5.35. The molecule has 19 heavy (non-hydrogen) atoms. The average molecular weight is 285 g/mol. The minimum atomic E-state index is -0.452. The van der Waals surface area contributed by atoms with Crippen LogP contribution in [0.25, 0.3) is 0 Å². The van der Waals surface area contributed by atoms with E-state index in [0.717, 1.165) is 5.69 Å². The van der Waals surface area contributed by atoms with Gasteiger partial charge in [0.1, 0.15) is 5.60 Å². The molecule has 1 N–H and O–H groups in total. The lowest BCUT2D eigenvalue weighted by Crippen LogP contribution is -2.38. The number of hydrogen-bond donors (Lipinski definition) is 1. The number of nitrogens with zero attached hydrogens (tertiary/aromatic N) is 2. The summed E-state index contributed by atoms with van der Waals surface area (Å²) in [7, 11) is 1.74. The van der Waals surface area contributed by atoms with E-state index in [1.54, 1.807) is 23.3 Å². The maximum Gasteiger partial charge on any atom is 0.410 e. The Morgan fingerprint density at radius 3 is 2.79 bits per heavy atom. The molecule has 6 heteroatoms. The zero-order valence-electron chi connectivity index (χ0n) is 12.3. The predicted molar refractivity (Wildman–Crippen MR) is 77.4 cm³/mol. The van der Waals surface area contributed by atoms with Crippen LogP contribution in [0.5, 0.6) is 0 Å².